The summed E-state index contributed by atoms with van der Waals surface area (Å²) in [7, 11) is 0. The Morgan fingerprint density at radius 2 is 1.32 bits per heavy atom. The van der Waals surface area contributed by atoms with Gasteiger partial charge in [0.2, 0.25) is 0 Å². The highest BCUT2D eigenvalue weighted by molar-refractivity contribution is 5.90. The zero-order chi connectivity index (χ0) is 27.4. The van der Waals surface area contributed by atoms with Gasteiger partial charge in [0.05, 0.1) is 0 Å². The van der Waals surface area contributed by atoms with Gasteiger partial charge < -0.3 is 0 Å². The summed E-state index contributed by atoms with van der Waals surface area (Å²) in [6.45, 7) is 13.5. The zero-order valence-electron chi connectivity index (χ0n) is 25.6. The van der Waals surface area contributed by atoms with Gasteiger partial charge in [-0.05, 0) is 69.1 Å². The fourth-order valence-electron chi connectivity index (χ4n) is 5.50. The van der Waals surface area contributed by atoms with Crippen molar-refractivity contribution in [3.63, 3.8) is 0 Å². The third-order valence-corrected chi connectivity index (χ3v) is 7.94. The van der Waals surface area contributed by atoms with E-state index in [2.05, 4.69) is 65.0 Å². The van der Waals surface area contributed by atoms with Crippen molar-refractivity contribution in [3.8, 4) is 0 Å². The van der Waals surface area contributed by atoms with Crippen LogP contribution in [-0.2, 0) is 4.79 Å². The minimum atomic E-state index is 0.267. The lowest BCUT2D eigenvalue weighted by molar-refractivity contribution is -0.114. The Morgan fingerprint density at radius 1 is 0.784 bits per heavy atom. The van der Waals surface area contributed by atoms with Crippen LogP contribution in [0.25, 0.3) is 0 Å². The Labute approximate surface area is 231 Å². The van der Waals surface area contributed by atoms with E-state index in [4.69, 9.17) is 0 Å². The Kier molecular flexibility index (Phi) is 18.4. The van der Waals surface area contributed by atoms with Crippen LogP contribution in [0.4, 0.5) is 0 Å². The fourth-order valence-corrected chi connectivity index (χ4v) is 5.50. The summed E-state index contributed by atoms with van der Waals surface area (Å²) in [5.41, 5.74) is 5.59. The summed E-state index contributed by atoms with van der Waals surface area (Å²) >= 11 is 0. The molecule has 37 heavy (non-hydrogen) atoms. The minimum absolute atomic E-state index is 0.267. The van der Waals surface area contributed by atoms with Gasteiger partial charge in [-0.25, -0.2) is 0 Å². The quantitative estimate of drug-likeness (QED) is 0.0907. The van der Waals surface area contributed by atoms with Gasteiger partial charge in [-0.3, -0.25) is 4.79 Å². The van der Waals surface area contributed by atoms with Gasteiger partial charge in [-0.15, -0.1) is 0 Å². The molecule has 0 aromatic rings. The van der Waals surface area contributed by atoms with Crippen LogP contribution in [0, 0.1) is 5.41 Å². The van der Waals surface area contributed by atoms with E-state index >= 15 is 0 Å². The topological polar surface area (TPSA) is 17.1 Å². The number of ketones is 1. The Morgan fingerprint density at radius 3 is 1.86 bits per heavy atom. The van der Waals surface area contributed by atoms with Crippen LogP contribution in [-0.4, -0.2) is 5.78 Å². The van der Waals surface area contributed by atoms with Crippen molar-refractivity contribution < 1.29 is 4.79 Å². The molecule has 0 atom stereocenters. The van der Waals surface area contributed by atoms with Crippen molar-refractivity contribution in [3.05, 3.63) is 58.7 Å². The number of hydrogen-bond acceptors (Lipinski definition) is 1. The average molecular weight is 509 g/mol. The Hall–Kier alpha value is -1.63. The molecule has 0 amide bonds. The second-order valence-corrected chi connectivity index (χ2v) is 12.2. The largest absolute Gasteiger partial charge is 0.295 e. The van der Waals surface area contributed by atoms with Gasteiger partial charge >= 0.3 is 0 Å². The highest BCUT2D eigenvalue weighted by Crippen LogP contribution is 2.40. The average Bonchev–Trinajstić information content (AvgIpc) is 2.83. The monoisotopic (exact) mass is 508 g/mol. The lowest BCUT2D eigenvalue weighted by Gasteiger charge is -2.32. The smallest absolute Gasteiger partial charge is 0.155 e. The molecule has 1 heteroatoms. The summed E-state index contributed by atoms with van der Waals surface area (Å²) in [5, 5.41) is 0. The van der Waals surface area contributed by atoms with Crippen molar-refractivity contribution >= 4 is 5.78 Å². The van der Waals surface area contributed by atoms with Gasteiger partial charge in [0.15, 0.2) is 5.78 Å². The van der Waals surface area contributed by atoms with Crippen molar-refractivity contribution in [1.82, 2.24) is 0 Å². The van der Waals surface area contributed by atoms with Crippen LogP contribution in [0.1, 0.15) is 157 Å². The highest BCUT2D eigenvalue weighted by atomic mass is 16.1. The second-order valence-electron chi connectivity index (χ2n) is 12.2. The molecule has 0 bridgehead atoms. The molecule has 0 saturated carbocycles. The van der Waals surface area contributed by atoms with E-state index < -0.39 is 0 Å². The number of hydrogen-bond donors (Lipinski definition) is 0. The summed E-state index contributed by atoms with van der Waals surface area (Å²) in [5.74, 6) is 0.267. The molecular weight excluding hydrogens is 448 g/mol. The highest BCUT2D eigenvalue weighted by Gasteiger charge is 2.26. The molecule has 1 aliphatic rings. The Balaban J connectivity index is 2.17. The number of rotatable bonds is 20. The first-order valence-electron chi connectivity index (χ1n) is 15.7. The van der Waals surface area contributed by atoms with E-state index in [1.807, 2.05) is 13.0 Å². The predicted octanol–water partition coefficient (Wildman–Crippen LogP) is 12.0. The molecule has 0 heterocycles. The third kappa shape index (κ3) is 16.7. The molecule has 0 aromatic carbocycles. The van der Waals surface area contributed by atoms with Crippen molar-refractivity contribution in [2.75, 3.05) is 0 Å². The molecule has 1 aliphatic carbocycles. The fraction of sp³-hybridized carbons (Fsp3) is 0.694. The zero-order valence-corrected chi connectivity index (χ0v) is 25.6. The molecule has 0 radical (unpaired) electrons. The van der Waals surface area contributed by atoms with Crippen molar-refractivity contribution in [1.29, 1.82) is 0 Å². The normalized spacial score (nSPS) is 16.9. The van der Waals surface area contributed by atoms with Crippen molar-refractivity contribution in [2.24, 2.45) is 5.41 Å². The number of unbranched alkanes of at least 4 members (excludes halogenated alkanes) is 13. The summed E-state index contributed by atoms with van der Waals surface area (Å²) < 4.78 is 0. The molecule has 1 nitrogen and oxygen atoms in total. The van der Waals surface area contributed by atoms with E-state index in [0.717, 1.165) is 12.0 Å². The molecular formula is C36H60O. The molecule has 0 N–H and O–H groups in total. The third-order valence-electron chi connectivity index (χ3n) is 7.94. The SMILES string of the molecule is CCCCCCCCCCCCCCCCC(=O)/C=C(C)/C=C/C=C(C)/C=C/C1=C(C)CCCC1(C)C. The summed E-state index contributed by atoms with van der Waals surface area (Å²) in [6, 6.07) is 0. The van der Waals surface area contributed by atoms with Gasteiger partial charge in [0.25, 0.3) is 0 Å². The van der Waals surface area contributed by atoms with Crippen LogP contribution in [0.5, 0.6) is 0 Å². The number of carbonyl (C=O) groups excluding carboxylic acids is 1. The summed E-state index contributed by atoms with van der Waals surface area (Å²) in [6.07, 6.45) is 36.0. The van der Waals surface area contributed by atoms with Gasteiger partial charge in [-0.1, -0.05) is 146 Å². The maximum atomic E-state index is 12.3. The molecule has 1 rings (SSSR count). The maximum absolute atomic E-state index is 12.3. The first-order valence-corrected chi connectivity index (χ1v) is 15.7. The van der Waals surface area contributed by atoms with E-state index in [-0.39, 0.29) is 11.2 Å². The second kappa shape index (κ2) is 20.3. The van der Waals surface area contributed by atoms with Crippen LogP contribution in [0.2, 0.25) is 0 Å². The molecule has 210 valence electrons. The maximum Gasteiger partial charge on any atom is 0.155 e. The van der Waals surface area contributed by atoms with Gasteiger partial charge in [-0.2, -0.15) is 0 Å². The van der Waals surface area contributed by atoms with Crippen LogP contribution < -0.4 is 0 Å². The van der Waals surface area contributed by atoms with Crippen LogP contribution in [0.3, 0.4) is 0 Å². The lowest BCUT2D eigenvalue weighted by Crippen LogP contribution is -2.19. The predicted molar refractivity (Wildman–Crippen MR) is 166 cm³/mol. The van der Waals surface area contributed by atoms with Gasteiger partial charge in [0, 0.05) is 6.42 Å². The van der Waals surface area contributed by atoms with Crippen LogP contribution >= 0.6 is 0 Å². The first-order chi connectivity index (χ1) is 17.8. The molecule has 0 spiro atoms. The molecule has 0 fully saturated rings. The van der Waals surface area contributed by atoms with E-state index in [9.17, 15) is 4.79 Å². The number of carbonyl (C=O) groups is 1. The molecule has 0 aliphatic heterocycles. The van der Waals surface area contributed by atoms with Gasteiger partial charge in [0.1, 0.15) is 0 Å². The van der Waals surface area contributed by atoms with Crippen molar-refractivity contribution in [2.45, 2.75) is 157 Å². The lowest BCUT2D eigenvalue weighted by atomic mass is 9.72. The van der Waals surface area contributed by atoms with E-state index in [0.29, 0.717) is 6.42 Å². The molecule has 0 unspecified atom stereocenters. The van der Waals surface area contributed by atoms with E-state index in [1.54, 1.807) is 0 Å². The molecule has 0 aromatic heterocycles. The Bertz CT molecular complexity index is 783. The molecule has 0 saturated heterocycles. The minimum Gasteiger partial charge on any atom is -0.295 e. The van der Waals surface area contributed by atoms with E-state index in [1.165, 1.54) is 119 Å². The summed E-state index contributed by atoms with van der Waals surface area (Å²) in [4.78, 5) is 12.3. The standard InChI is InChI=1S/C36H60O/c1-7-8-9-10-11-12-13-14-15-16-17-18-19-20-26-34(37)30-32(3)24-21-23-31(2)27-28-35-33(4)25-22-29-36(35,5)6/h21,23-24,27-28,30H,7-20,22,25-26,29H2,1-6H3/b24-21+,28-27+,31-23+,32-30+. The number of allylic oxidation sites excluding steroid dienone is 10. The first kappa shape index (κ1) is 33.4. The van der Waals surface area contributed by atoms with Crippen LogP contribution in [0.15, 0.2) is 58.7 Å².